The third-order valence-electron chi connectivity index (χ3n) is 4.82. The van der Waals surface area contributed by atoms with E-state index < -0.39 is 0 Å². The minimum atomic E-state index is -0.0232. The number of hydrogen-bond acceptors (Lipinski definition) is 3. The van der Waals surface area contributed by atoms with Gasteiger partial charge >= 0.3 is 6.03 Å². The van der Waals surface area contributed by atoms with Gasteiger partial charge in [0.05, 0.1) is 12.6 Å². The molecule has 4 rings (SSSR count). The van der Waals surface area contributed by atoms with Gasteiger partial charge in [-0.1, -0.05) is 19.1 Å². The molecule has 1 aliphatic rings. The summed E-state index contributed by atoms with van der Waals surface area (Å²) in [5, 5.41) is 9.45. The summed E-state index contributed by atoms with van der Waals surface area (Å²) < 4.78 is 1.87. The molecule has 0 fully saturated rings. The van der Waals surface area contributed by atoms with Gasteiger partial charge in [-0.25, -0.2) is 4.79 Å². The quantitative estimate of drug-likeness (QED) is 0.737. The van der Waals surface area contributed by atoms with Gasteiger partial charge in [0.25, 0.3) is 0 Å². The first kappa shape index (κ1) is 16.8. The number of aromatic nitrogens is 2. The van der Waals surface area contributed by atoms with E-state index >= 15 is 0 Å². The van der Waals surface area contributed by atoms with E-state index in [2.05, 4.69) is 28.8 Å². The highest BCUT2D eigenvalue weighted by atomic mass is 32.1. The van der Waals surface area contributed by atoms with Crippen molar-refractivity contribution in [2.45, 2.75) is 32.4 Å². The predicted octanol–water partition coefficient (Wildman–Crippen LogP) is 4.53. The molecule has 26 heavy (non-hydrogen) atoms. The summed E-state index contributed by atoms with van der Waals surface area (Å²) in [5.41, 5.74) is 3.24. The fourth-order valence-corrected chi connectivity index (χ4v) is 4.53. The Balaban J connectivity index is 1.48. The standard InChI is InChI=1S/C20H22N4OS/c1-2-18-17-8-12-26-19(17)7-11-24(18)20(25)22-16-6-3-5-15(13-16)14-23-10-4-9-21-23/h3-6,8-10,12-13,18H,2,7,11,14H2,1H3,(H,22,25)/t18-/m0/s1. The summed E-state index contributed by atoms with van der Waals surface area (Å²) in [5.74, 6) is 0. The molecule has 1 atom stereocenters. The molecule has 3 aromatic rings. The van der Waals surface area contributed by atoms with Crippen LogP contribution in [0, 0.1) is 0 Å². The normalized spacial score (nSPS) is 16.3. The SMILES string of the molecule is CC[C@H]1c2ccsc2CCN1C(=O)Nc1cccc(Cn2cccn2)c1. The number of rotatable bonds is 4. The van der Waals surface area contributed by atoms with Crippen molar-refractivity contribution in [2.24, 2.45) is 0 Å². The molecule has 0 bridgehead atoms. The smallest absolute Gasteiger partial charge is 0.317 e. The van der Waals surface area contributed by atoms with E-state index in [-0.39, 0.29) is 12.1 Å². The van der Waals surface area contributed by atoms with Crippen LogP contribution in [0.15, 0.2) is 54.2 Å². The minimum Gasteiger partial charge on any atom is -0.317 e. The van der Waals surface area contributed by atoms with Crippen LogP contribution in [-0.2, 0) is 13.0 Å². The lowest BCUT2D eigenvalue weighted by atomic mass is 9.98. The number of hydrogen-bond donors (Lipinski definition) is 1. The van der Waals surface area contributed by atoms with Crippen molar-refractivity contribution in [3.05, 3.63) is 70.2 Å². The largest absolute Gasteiger partial charge is 0.322 e. The molecule has 2 amide bonds. The van der Waals surface area contributed by atoms with E-state index in [0.29, 0.717) is 6.54 Å². The van der Waals surface area contributed by atoms with E-state index in [1.807, 2.05) is 46.1 Å². The number of urea groups is 1. The molecule has 0 saturated heterocycles. The van der Waals surface area contributed by atoms with Gasteiger partial charge in [0, 0.05) is 29.5 Å². The second-order valence-corrected chi connectivity index (χ2v) is 7.50. The highest BCUT2D eigenvalue weighted by molar-refractivity contribution is 7.10. The van der Waals surface area contributed by atoms with Crippen LogP contribution in [0.2, 0.25) is 0 Å². The van der Waals surface area contributed by atoms with Crippen LogP contribution in [0.4, 0.5) is 10.5 Å². The number of nitrogens with one attached hydrogen (secondary N) is 1. The van der Waals surface area contributed by atoms with Crippen LogP contribution in [-0.4, -0.2) is 27.3 Å². The number of thiophene rings is 1. The second-order valence-electron chi connectivity index (χ2n) is 6.50. The zero-order valence-electron chi connectivity index (χ0n) is 14.8. The monoisotopic (exact) mass is 366 g/mol. The summed E-state index contributed by atoms with van der Waals surface area (Å²) in [6, 6.07) is 12.2. The van der Waals surface area contributed by atoms with Crippen molar-refractivity contribution in [1.82, 2.24) is 14.7 Å². The first-order chi connectivity index (χ1) is 12.7. The maximum atomic E-state index is 12.9. The second kappa shape index (κ2) is 7.33. The average molecular weight is 366 g/mol. The van der Waals surface area contributed by atoms with Crippen molar-refractivity contribution >= 4 is 23.1 Å². The third-order valence-corrected chi connectivity index (χ3v) is 5.82. The Morgan fingerprint density at radius 1 is 1.35 bits per heavy atom. The number of anilines is 1. The zero-order valence-corrected chi connectivity index (χ0v) is 15.6. The van der Waals surface area contributed by atoms with Gasteiger partial charge in [0.2, 0.25) is 0 Å². The van der Waals surface area contributed by atoms with Crippen LogP contribution in [0.1, 0.15) is 35.4 Å². The molecule has 5 nitrogen and oxygen atoms in total. The van der Waals surface area contributed by atoms with E-state index in [0.717, 1.165) is 30.6 Å². The van der Waals surface area contributed by atoms with Gasteiger partial charge in [-0.15, -0.1) is 11.3 Å². The molecule has 1 aromatic carbocycles. The van der Waals surface area contributed by atoms with Crippen molar-refractivity contribution in [3.63, 3.8) is 0 Å². The first-order valence-electron chi connectivity index (χ1n) is 8.95. The van der Waals surface area contributed by atoms with E-state index in [4.69, 9.17) is 0 Å². The van der Waals surface area contributed by atoms with Gasteiger partial charge in [0.15, 0.2) is 0 Å². The topological polar surface area (TPSA) is 50.2 Å². The Kier molecular flexibility index (Phi) is 4.75. The molecular formula is C20H22N4OS. The average Bonchev–Trinajstić information content (AvgIpc) is 3.32. The van der Waals surface area contributed by atoms with Gasteiger partial charge in [-0.2, -0.15) is 5.10 Å². The van der Waals surface area contributed by atoms with Gasteiger partial charge < -0.3 is 10.2 Å². The highest BCUT2D eigenvalue weighted by Crippen LogP contribution is 2.35. The third kappa shape index (κ3) is 3.37. The number of carbonyl (C=O) groups is 1. The number of carbonyl (C=O) groups excluding carboxylic acids is 1. The zero-order chi connectivity index (χ0) is 17.9. The number of fused-ring (bicyclic) bond motifs is 1. The maximum Gasteiger partial charge on any atom is 0.322 e. The molecule has 134 valence electrons. The minimum absolute atomic E-state index is 0.0232. The molecule has 0 radical (unpaired) electrons. The van der Waals surface area contributed by atoms with E-state index in [1.54, 1.807) is 17.5 Å². The molecular weight excluding hydrogens is 344 g/mol. The lowest BCUT2D eigenvalue weighted by Crippen LogP contribution is -2.41. The molecule has 3 heterocycles. The van der Waals surface area contributed by atoms with Crippen molar-refractivity contribution in [3.8, 4) is 0 Å². The van der Waals surface area contributed by atoms with Crippen LogP contribution >= 0.6 is 11.3 Å². The number of amides is 2. The van der Waals surface area contributed by atoms with Crippen molar-refractivity contribution in [1.29, 1.82) is 0 Å². The molecule has 1 N–H and O–H groups in total. The summed E-state index contributed by atoms with van der Waals surface area (Å²) in [4.78, 5) is 16.3. The first-order valence-corrected chi connectivity index (χ1v) is 9.83. The van der Waals surface area contributed by atoms with Crippen LogP contribution < -0.4 is 5.32 Å². The lowest BCUT2D eigenvalue weighted by molar-refractivity contribution is 0.181. The van der Waals surface area contributed by atoms with Crippen LogP contribution in [0.25, 0.3) is 0 Å². The Morgan fingerprint density at radius 2 is 2.27 bits per heavy atom. The Morgan fingerprint density at radius 3 is 3.08 bits per heavy atom. The fraction of sp³-hybridized carbons (Fsp3) is 0.300. The molecule has 0 unspecified atom stereocenters. The van der Waals surface area contributed by atoms with E-state index in [1.165, 1.54) is 10.4 Å². The number of benzene rings is 1. The molecule has 2 aromatic heterocycles. The Bertz CT molecular complexity index is 887. The predicted molar refractivity (Wildman–Crippen MR) is 105 cm³/mol. The maximum absolute atomic E-state index is 12.9. The number of nitrogens with zero attached hydrogens (tertiary/aromatic N) is 3. The van der Waals surface area contributed by atoms with Crippen molar-refractivity contribution < 1.29 is 4.79 Å². The summed E-state index contributed by atoms with van der Waals surface area (Å²) in [6.07, 6.45) is 5.57. The molecule has 1 aliphatic heterocycles. The fourth-order valence-electron chi connectivity index (χ4n) is 3.60. The van der Waals surface area contributed by atoms with Crippen molar-refractivity contribution in [2.75, 3.05) is 11.9 Å². The van der Waals surface area contributed by atoms with Gasteiger partial charge in [0.1, 0.15) is 0 Å². The molecule has 6 heteroatoms. The van der Waals surface area contributed by atoms with Gasteiger partial charge in [-0.3, -0.25) is 4.68 Å². The van der Waals surface area contributed by atoms with Gasteiger partial charge in [-0.05, 0) is 53.6 Å². The van der Waals surface area contributed by atoms with Crippen LogP contribution in [0.5, 0.6) is 0 Å². The molecule has 0 spiro atoms. The Hall–Kier alpha value is -2.60. The summed E-state index contributed by atoms with van der Waals surface area (Å²) >= 11 is 1.80. The highest BCUT2D eigenvalue weighted by Gasteiger charge is 2.30. The molecule has 0 aliphatic carbocycles. The lowest BCUT2D eigenvalue weighted by Gasteiger charge is -2.35. The summed E-state index contributed by atoms with van der Waals surface area (Å²) in [6.45, 7) is 3.60. The van der Waals surface area contributed by atoms with E-state index in [9.17, 15) is 4.79 Å². The Labute approximate surface area is 157 Å². The summed E-state index contributed by atoms with van der Waals surface area (Å²) in [7, 11) is 0. The van der Waals surface area contributed by atoms with Crippen LogP contribution in [0.3, 0.4) is 0 Å². The molecule has 0 saturated carbocycles.